The molecule has 2 N–H and O–H groups in total. The van der Waals surface area contributed by atoms with Gasteiger partial charge >= 0.3 is 0 Å². The normalized spacial score (nSPS) is 10.4. The number of hydrogen-bond acceptors (Lipinski definition) is 5. The number of anilines is 2. The number of ether oxygens (including phenoxy) is 1. The first-order chi connectivity index (χ1) is 14.4. The second kappa shape index (κ2) is 9.65. The molecule has 1 heterocycles. The Hall–Kier alpha value is -3.74. The van der Waals surface area contributed by atoms with Gasteiger partial charge in [0.05, 0.1) is 20.2 Å². The SMILES string of the molecule is COc1ccc(NC(=O)c2ccc(NCC(=O)N(C)Cc3ccc(C)o3)cc2)cc1. The van der Waals surface area contributed by atoms with Crippen molar-refractivity contribution in [2.45, 2.75) is 13.5 Å². The van der Waals surface area contributed by atoms with Crippen LogP contribution in [0.25, 0.3) is 0 Å². The molecule has 0 unspecified atom stereocenters. The largest absolute Gasteiger partial charge is 0.497 e. The van der Waals surface area contributed by atoms with E-state index in [1.807, 2.05) is 19.1 Å². The monoisotopic (exact) mass is 407 g/mol. The maximum Gasteiger partial charge on any atom is 0.255 e. The molecule has 0 radical (unpaired) electrons. The van der Waals surface area contributed by atoms with E-state index in [9.17, 15) is 9.59 Å². The number of methoxy groups -OCH3 is 1. The lowest BCUT2D eigenvalue weighted by Gasteiger charge is -2.16. The number of nitrogens with one attached hydrogen (secondary N) is 2. The Kier molecular flexibility index (Phi) is 6.75. The highest BCUT2D eigenvalue weighted by molar-refractivity contribution is 6.04. The molecule has 0 aliphatic heterocycles. The molecule has 0 saturated carbocycles. The summed E-state index contributed by atoms with van der Waals surface area (Å²) >= 11 is 0. The highest BCUT2D eigenvalue weighted by atomic mass is 16.5. The molecular weight excluding hydrogens is 382 g/mol. The minimum absolute atomic E-state index is 0.0645. The molecule has 156 valence electrons. The van der Waals surface area contributed by atoms with Crippen molar-refractivity contribution in [1.82, 2.24) is 4.90 Å². The highest BCUT2D eigenvalue weighted by Crippen LogP contribution is 2.17. The molecule has 2 aromatic carbocycles. The fourth-order valence-electron chi connectivity index (χ4n) is 2.82. The van der Waals surface area contributed by atoms with Crippen LogP contribution in [0.5, 0.6) is 5.75 Å². The Labute approximate surface area is 175 Å². The van der Waals surface area contributed by atoms with E-state index >= 15 is 0 Å². The van der Waals surface area contributed by atoms with Crippen molar-refractivity contribution in [3.05, 3.63) is 77.7 Å². The second-order valence-electron chi connectivity index (χ2n) is 6.88. The van der Waals surface area contributed by atoms with Crippen molar-refractivity contribution < 1.29 is 18.7 Å². The summed E-state index contributed by atoms with van der Waals surface area (Å²) in [5.41, 5.74) is 1.96. The molecule has 0 aliphatic carbocycles. The van der Waals surface area contributed by atoms with Crippen LogP contribution < -0.4 is 15.4 Å². The van der Waals surface area contributed by atoms with Crippen LogP contribution in [0.3, 0.4) is 0 Å². The van der Waals surface area contributed by atoms with Crippen LogP contribution in [-0.2, 0) is 11.3 Å². The fourth-order valence-corrected chi connectivity index (χ4v) is 2.82. The zero-order valence-corrected chi connectivity index (χ0v) is 17.3. The maximum absolute atomic E-state index is 12.4. The molecule has 0 aliphatic rings. The Balaban J connectivity index is 1.49. The molecular formula is C23H25N3O4. The van der Waals surface area contributed by atoms with Gasteiger partial charge in [-0.1, -0.05) is 0 Å². The molecule has 2 amide bonds. The number of furan rings is 1. The summed E-state index contributed by atoms with van der Waals surface area (Å²) in [7, 11) is 3.32. The fraction of sp³-hybridized carbons (Fsp3) is 0.217. The van der Waals surface area contributed by atoms with E-state index in [1.165, 1.54) is 0 Å². The van der Waals surface area contributed by atoms with Gasteiger partial charge in [-0.05, 0) is 67.6 Å². The summed E-state index contributed by atoms with van der Waals surface area (Å²) in [6.07, 6.45) is 0. The summed E-state index contributed by atoms with van der Waals surface area (Å²) in [4.78, 5) is 26.3. The number of hydrogen-bond donors (Lipinski definition) is 2. The molecule has 1 aromatic heterocycles. The van der Waals surface area contributed by atoms with Crippen molar-refractivity contribution in [2.24, 2.45) is 0 Å². The molecule has 0 fully saturated rings. The zero-order valence-electron chi connectivity index (χ0n) is 17.3. The van der Waals surface area contributed by atoms with Crippen LogP contribution in [0.2, 0.25) is 0 Å². The van der Waals surface area contributed by atoms with E-state index < -0.39 is 0 Å². The third-order valence-corrected chi connectivity index (χ3v) is 4.55. The lowest BCUT2D eigenvalue weighted by Crippen LogP contribution is -2.31. The van der Waals surface area contributed by atoms with E-state index in [0.717, 1.165) is 23.0 Å². The van der Waals surface area contributed by atoms with Gasteiger partial charge in [-0.25, -0.2) is 0 Å². The van der Waals surface area contributed by atoms with Crippen molar-refractivity contribution >= 4 is 23.2 Å². The maximum atomic E-state index is 12.4. The third-order valence-electron chi connectivity index (χ3n) is 4.55. The van der Waals surface area contributed by atoms with Crippen LogP contribution in [0.15, 0.2) is 65.1 Å². The molecule has 0 spiro atoms. The minimum Gasteiger partial charge on any atom is -0.497 e. The van der Waals surface area contributed by atoms with Gasteiger partial charge in [-0.15, -0.1) is 0 Å². The van der Waals surface area contributed by atoms with E-state index in [0.29, 0.717) is 17.8 Å². The summed E-state index contributed by atoms with van der Waals surface area (Å²) in [5.74, 6) is 2.01. The molecule has 7 heteroatoms. The van der Waals surface area contributed by atoms with Crippen molar-refractivity contribution in [3.63, 3.8) is 0 Å². The van der Waals surface area contributed by atoms with Gasteiger partial charge in [0.25, 0.3) is 5.91 Å². The topological polar surface area (TPSA) is 83.8 Å². The molecule has 0 atom stereocenters. The number of nitrogens with zero attached hydrogens (tertiary/aromatic N) is 1. The van der Waals surface area contributed by atoms with Gasteiger partial charge in [0.15, 0.2) is 0 Å². The summed E-state index contributed by atoms with van der Waals surface area (Å²) in [6.45, 7) is 2.43. The zero-order chi connectivity index (χ0) is 21.5. The number of rotatable bonds is 8. The van der Waals surface area contributed by atoms with Gasteiger partial charge in [0.2, 0.25) is 5.91 Å². The lowest BCUT2D eigenvalue weighted by molar-refractivity contribution is -0.128. The van der Waals surface area contributed by atoms with Crippen molar-refractivity contribution in [2.75, 3.05) is 31.3 Å². The molecule has 7 nitrogen and oxygen atoms in total. The van der Waals surface area contributed by atoms with Crippen LogP contribution in [0.1, 0.15) is 21.9 Å². The molecule has 30 heavy (non-hydrogen) atoms. The summed E-state index contributed by atoms with van der Waals surface area (Å²) in [5, 5.41) is 5.91. The first-order valence-corrected chi connectivity index (χ1v) is 9.53. The van der Waals surface area contributed by atoms with Crippen molar-refractivity contribution in [1.29, 1.82) is 0 Å². The standard InChI is InChI=1S/C23H25N3O4/c1-16-4-11-21(30-16)15-26(2)22(27)14-24-18-7-5-17(6-8-18)23(28)25-19-9-12-20(29-3)13-10-19/h4-13,24H,14-15H2,1-3H3,(H,25,28). The van der Waals surface area contributed by atoms with Crippen LogP contribution in [0.4, 0.5) is 11.4 Å². The average Bonchev–Trinajstić information content (AvgIpc) is 3.17. The number of carbonyl (C=O) groups excluding carboxylic acids is 2. The second-order valence-corrected chi connectivity index (χ2v) is 6.88. The Morgan fingerprint density at radius 2 is 1.63 bits per heavy atom. The van der Waals surface area contributed by atoms with Crippen LogP contribution in [0, 0.1) is 6.92 Å². The first-order valence-electron chi connectivity index (χ1n) is 9.53. The highest BCUT2D eigenvalue weighted by Gasteiger charge is 2.11. The number of benzene rings is 2. The molecule has 0 saturated heterocycles. The van der Waals surface area contributed by atoms with Crippen LogP contribution in [-0.4, -0.2) is 37.4 Å². The Bertz CT molecular complexity index is 994. The van der Waals surface area contributed by atoms with Gasteiger partial charge < -0.3 is 24.7 Å². The van der Waals surface area contributed by atoms with Gasteiger partial charge in [0, 0.05) is 24.0 Å². The molecule has 3 aromatic rings. The summed E-state index contributed by atoms with van der Waals surface area (Å²) in [6, 6.07) is 17.8. The first kappa shape index (κ1) is 21.0. The average molecular weight is 407 g/mol. The van der Waals surface area contributed by atoms with Crippen LogP contribution >= 0.6 is 0 Å². The number of aryl methyl sites for hydroxylation is 1. The van der Waals surface area contributed by atoms with E-state index in [4.69, 9.17) is 9.15 Å². The number of amides is 2. The quantitative estimate of drug-likeness (QED) is 0.591. The predicted molar refractivity (Wildman–Crippen MR) is 116 cm³/mol. The lowest BCUT2D eigenvalue weighted by atomic mass is 10.2. The Morgan fingerprint density at radius 1 is 0.967 bits per heavy atom. The Morgan fingerprint density at radius 3 is 2.23 bits per heavy atom. The predicted octanol–water partition coefficient (Wildman–Crippen LogP) is 3.92. The van der Waals surface area contributed by atoms with Gasteiger partial charge in [-0.3, -0.25) is 9.59 Å². The van der Waals surface area contributed by atoms with E-state index in [1.54, 1.807) is 67.6 Å². The molecule has 3 rings (SSSR count). The third kappa shape index (κ3) is 5.64. The van der Waals surface area contributed by atoms with E-state index in [-0.39, 0.29) is 18.4 Å². The number of carbonyl (C=O) groups is 2. The van der Waals surface area contributed by atoms with E-state index in [2.05, 4.69) is 10.6 Å². The van der Waals surface area contributed by atoms with Gasteiger partial charge in [0.1, 0.15) is 17.3 Å². The van der Waals surface area contributed by atoms with Crippen molar-refractivity contribution in [3.8, 4) is 5.75 Å². The smallest absolute Gasteiger partial charge is 0.255 e. The number of likely N-dealkylation sites (N-methyl/N-ethyl adjacent to an activating group) is 1. The minimum atomic E-state index is -0.212. The summed E-state index contributed by atoms with van der Waals surface area (Å²) < 4.78 is 10.6. The van der Waals surface area contributed by atoms with Gasteiger partial charge in [-0.2, -0.15) is 0 Å². The molecule has 0 bridgehead atoms.